The summed E-state index contributed by atoms with van der Waals surface area (Å²) in [6.45, 7) is 0. The number of carboxylic acids is 2. The normalized spacial score (nSPS) is 11.1. The molecule has 0 fully saturated rings. The van der Waals surface area contributed by atoms with Gasteiger partial charge in [0.1, 0.15) is 0 Å². The van der Waals surface area contributed by atoms with Crippen LogP contribution >= 0.6 is 23.2 Å². The Hall–Kier alpha value is -3.88. The topological polar surface area (TPSA) is 123 Å². The Kier molecular flexibility index (Phi) is 7.43. The number of hydrogen-bond acceptors (Lipinski definition) is 6. The summed E-state index contributed by atoms with van der Waals surface area (Å²) < 4.78 is 0. The van der Waals surface area contributed by atoms with Crippen LogP contribution in [0, 0.1) is 0 Å². The minimum Gasteiger partial charge on any atom is -0.478 e. The second-order valence-electron chi connectivity index (χ2n) is 6.41. The summed E-state index contributed by atoms with van der Waals surface area (Å²) in [7, 11) is 0. The van der Waals surface area contributed by atoms with Gasteiger partial charge in [-0.2, -0.15) is 10.2 Å². The van der Waals surface area contributed by atoms with Gasteiger partial charge in [-0.3, -0.25) is 10.9 Å². The maximum atomic E-state index is 11.1. The Morgan fingerprint density at radius 3 is 1.41 bits per heavy atom. The van der Waals surface area contributed by atoms with Gasteiger partial charge in [0.2, 0.25) is 0 Å². The number of halogens is 2. The van der Waals surface area contributed by atoms with Crippen LogP contribution in [0.5, 0.6) is 0 Å². The molecule has 8 nitrogen and oxygen atoms in total. The van der Waals surface area contributed by atoms with Crippen molar-refractivity contribution in [2.45, 2.75) is 0 Å². The van der Waals surface area contributed by atoms with E-state index in [0.717, 1.165) is 11.1 Å². The van der Waals surface area contributed by atoms with Gasteiger partial charge in [0.05, 0.1) is 45.0 Å². The van der Waals surface area contributed by atoms with Crippen molar-refractivity contribution in [3.05, 3.63) is 93.0 Å². The van der Waals surface area contributed by atoms with Crippen LogP contribution in [0.2, 0.25) is 10.0 Å². The molecule has 0 aromatic heterocycles. The number of benzene rings is 3. The molecule has 10 heteroatoms. The van der Waals surface area contributed by atoms with Gasteiger partial charge in [-0.25, -0.2) is 9.59 Å². The molecule has 0 heterocycles. The SMILES string of the molecule is O=C(O)c1cc(NN=Cc2ccc(C=NNc3ccc(Cl)c(C(=O)O)c3)cc2)ccc1Cl. The van der Waals surface area contributed by atoms with E-state index in [1.54, 1.807) is 24.6 Å². The van der Waals surface area contributed by atoms with E-state index in [-0.39, 0.29) is 21.2 Å². The fourth-order valence-electron chi connectivity index (χ4n) is 2.55. The van der Waals surface area contributed by atoms with Crippen LogP contribution in [0.4, 0.5) is 11.4 Å². The molecule has 0 saturated heterocycles. The van der Waals surface area contributed by atoms with Crippen molar-refractivity contribution in [1.29, 1.82) is 0 Å². The molecule has 0 amide bonds. The Labute approximate surface area is 192 Å². The van der Waals surface area contributed by atoms with Crippen LogP contribution in [-0.2, 0) is 0 Å². The maximum absolute atomic E-state index is 11.1. The number of hydrazone groups is 2. The second kappa shape index (κ2) is 10.4. The summed E-state index contributed by atoms with van der Waals surface area (Å²) in [4.78, 5) is 22.2. The number of rotatable bonds is 8. The van der Waals surface area contributed by atoms with Crippen molar-refractivity contribution >= 4 is 58.9 Å². The lowest BCUT2D eigenvalue weighted by molar-refractivity contribution is 0.0686. The van der Waals surface area contributed by atoms with E-state index < -0.39 is 11.9 Å². The summed E-state index contributed by atoms with van der Waals surface area (Å²) in [6.07, 6.45) is 3.16. The van der Waals surface area contributed by atoms with Crippen LogP contribution in [0.15, 0.2) is 70.9 Å². The molecule has 32 heavy (non-hydrogen) atoms. The van der Waals surface area contributed by atoms with Crippen LogP contribution in [-0.4, -0.2) is 34.6 Å². The highest BCUT2D eigenvalue weighted by atomic mass is 35.5. The Morgan fingerprint density at radius 1 is 0.688 bits per heavy atom. The lowest BCUT2D eigenvalue weighted by atomic mass is 10.2. The largest absolute Gasteiger partial charge is 0.478 e. The highest BCUT2D eigenvalue weighted by molar-refractivity contribution is 6.34. The van der Waals surface area contributed by atoms with E-state index in [1.165, 1.54) is 24.3 Å². The summed E-state index contributed by atoms with van der Waals surface area (Å²) >= 11 is 11.7. The van der Waals surface area contributed by atoms with E-state index >= 15 is 0 Å². The first-order valence-electron chi connectivity index (χ1n) is 9.07. The molecule has 0 aliphatic rings. The van der Waals surface area contributed by atoms with Gasteiger partial charge in [0.25, 0.3) is 0 Å². The maximum Gasteiger partial charge on any atom is 0.337 e. The molecule has 3 aromatic rings. The zero-order chi connectivity index (χ0) is 23.1. The molecular formula is C22H16Cl2N4O4. The number of nitrogens with zero attached hydrogens (tertiary/aromatic N) is 2. The van der Waals surface area contributed by atoms with E-state index in [0.29, 0.717) is 11.4 Å². The molecule has 3 aromatic carbocycles. The van der Waals surface area contributed by atoms with E-state index in [4.69, 9.17) is 33.4 Å². The third kappa shape index (κ3) is 6.07. The van der Waals surface area contributed by atoms with Crippen LogP contribution in [0.25, 0.3) is 0 Å². The Bertz CT molecular complexity index is 1120. The Balaban J connectivity index is 1.58. The summed E-state index contributed by atoms with van der Waals surface area (Å²) in [5.74, 6) is -2.24. The lowest BCUT2D eigenvalue weighted by Crippen LogP contribution is -1.99. The molecule has 0 saturated carbocycles. The molecule has 0 atom stereocenters. The standard InChI is InChI=1S/C22H16Cl2N4O4/c23-19-7-5-15(9-17(19)21(29)30)27-25-11-13-1-2-14(4-3-13)12-26-28-16-6-8-20(24)18(10-16)22(31)32/h1-12,27-28H,(H,29,30)(H,31,32). The molecule has 0 aliphatic heterocycles. The van der Waals surface area contributed by atoms with E-state index in [2.05, 4.69) is 21.1 Å². The van der Waals surface area contributed by atoms with Gasteiger partial charge in [0, 0.05) is 0 Å². The monoisotopic (exact) mass is 470 g/mol. The molecular weight excluding hydrogens is 455 g/mol. The average Bonchev–Trinajstić information content (AvgIpc) is 2.76. The molecule has 3 rings (SSSR count). The van der Waals surface area contributed by atoms with Crippen molar-refractivity contribution < 1.29 is 19.8 Å². The average molecular weight is 471 g/mol. The predicted molar refractivity (Wildman–Crippen MR) is 126 cm³/mol. The number of hydrogen-bond donors (Lipinski definition) is 4. The summed E-state index contributed by atoms with van der Waals surface area (Å²) in [5.41, 5.74) is 8.09. The predicted octanol–water partition coefficient (Wildman–Crippen LogP) is 5.28. The van der Waals surface area contributed by atoms with Crippen molar-refractivity contribution in [1.82, 2.24) is 0 Å². The summed E-state index contributed by atoms with van der Waals surface area (Å²) in [6, 6.07) is 16.3. The Morgan fingerprint density at radius 2 is 1.06 bits per heavy atom. The quantitative estimate of drug-likeness (QED) is 0.262. The molecule has 0 unspecified atom stereocenters. The van der Waals surface area contributed by atoms with Crippen molar-refractivity contribution in [3.63, 3.8) is 0 Å². The highest BCUT2D eigenvalue weighted by Crippen LogP contribution is 2.21. The third-order valence-corrected chi connectivity index (χ3v) is 4.80. The van der Waals surface area contributed by atoms with Crippen molar-refractivity contribution in [2.75, 3.05) is 10.9 Å². The van der Waals surface area contributed by atoms with Gasteiger partial charge in [-0.05, 0) is 47.5 Å². The molecule has 0 bridgehead atoms. The first-order chi connectivity index (χ1) is 15.3. The van der Waals surface area contributed by atoms with Crippen molar-refractivity contribution in [2.24, 2.45) is 10.2 Å². The number of carbonyl (C=O) groups is 2. The van der Waals surface area contributed by atoms with Gasteiger partial charge >= 0.3 is 11.9 Å². The highest BCUT2D eigenvalue weighted by Gasteiger charge is 2.09. The first-order valence-corrected chi connectivity index (χ1v) is 9.83. The van der Waals surface area contributed by atoms with Gasteiger partial charge in [0.15, 0.2) is 0 Å². The minimum absolute atomic E-state index is 0.0121. The van der Waals surface area contributed by atoms with Crippen LogP contribution in [0.1, 0.15) is 31.8 Å². The van der Waals surface area contributed by atoms with Gasteiger partial charge in [-0.1, -0.05) is 47.5 Å². The lowest BCUT2D eigenvalue weighted by Gasteiger charge is -2.04. The molecule has 0 spiro atoms. The van der Waals surface area contributed by atoms with Gasteiger partial charge < -0.3 is 10.2 Å². The fraction of sp³-hybridized carbons (Fsp3) is 0. The fourth-order valence-corrected chi connectivity index (χ4v) is 2.95. The number of nitrogens with one attached hydrogen (secondary N) is 2. The molecule has 0 radical (unpaired) electrons. The number of carboxylic acid groups (broad SMARTS) is 2. The van der Waals surface area contributed by atoms with Gasteiger partial charge in [-0.15, -0.1) is 0 Å². The zero-order valence-corrected chi connectivity index (χ0v) is 17.8. The number of aromatic carboxylic acids is 2. The molecule has 162 valence electrons. The minimum atomic E-state index is -1.12. The third-order valence-electron chi connectivity index (χ3n) is 4.14. The summed E-state index contributed by atoms with van der Waals surface area (Å²) in [5, 5.41) is 26.7. The van der Waals surface area contributed by atoms with E-state index in [1.807, 2.05) is 24.3 Å². The molecule has 0 aliphatic carbocycles. The van der Waals surface area contributed by atoms with Crippen molar-refractivity contribution in [3.8, 4) is 0 Å². The van der Waals surface area contributed by atoms with E-state index in [9.17, 15) is 9.59 Å². The van der Waals surface area contributed by atoms with Crippen LogP contribution in [0.3, 0.4) is 0 Å². The second-order valence-corrected chi connectivity index (χ2v) is 7.22. The first kappa shape index (κ1) is 22.8. The molecule has 4 N–H and O–H groups in total. The smallest absolute Gasteiger partial charge is 0.337 e. The number of anilines is 2. The zero-order valence-electron chi connectivity index (χ0n) is 16.3. The van der Waals surface area contributed by atoms with Crippen LogP contribution < -0.4 is 10.9 Å².